The molecule has 7 heteroatoms. The first kappa shape index (κ1) is 47.1. The van der Waals surface area contributed by atoms with Gasteiger partial charge in [-0.15, -0.1) is 0 Å². The first-order valence-electron chi connectivity index (χ1n) is 45.7. The topological polar surface area (TPSA) is 64.0 Å². The van der Waals surface area contributed by atoms with E-state index < -0.39 is 69.6 Å². The average molecular weight is 1380 g/mol. The van der Waals surface area contributed by atoms with Crippen LogP contribution in [0.3, 0.4) is 0 Å². The van der Waals surface area contributed by atoms with Gasteiger partial charge in [-0.25, -0.2) is 18.7 Å². The van der Waals surface area contributed by atoms with Gasteiger partial charge < -0.3 is 13.3 Å². The summed E-state index contributed by atoms with van der Waals surface area (Å²) in [5.74, 6) is -3.08. The molecule has 0 N–H and O–H groups in total. The lowest BCUT2D eigenvalue weighted by Crippen LogP contribution is -2.32. The van der Waals surface area contributed by atoms with Crippen molar-refractivity contribution in [2.45, 2.75) is 164 Å². The third-order valence-electron chi connectivity index (χ3n) is 22.4. The van der Waals surface area contributed by atoms with Crippen molar-refractivity contribution in [1.82, 2.24) is 4.98 Å². The van der Waals surface area contributed by atoms with E-state index in [2.05, 4.69) is 67.8 Å². The molecule has 0 fully saturated rings. The van der Waals surface area contributed by atoms with Crippen LogP contribution in [0.4, 0.5) is 0 Å². The van der Waals surface area contributed by atoms with Gasteiger partial charge in [-0.1, -0.05) is 216 Å². The van der Waals surface area contributed by atoms with Crippen molar-refractivity contribution in [3.63, 3.8) is 0 Å². The Morgan fingerprint density at radius 1 is 0.427 bits per heavy atom. The highest BCUT2D eigenvalue weighted by Crippen LogP contribution is 2.58. The molecule has 15 aromatic rings. The Kier molecular flexibility index (Phi) is 11.2. The maximum atomic E-state index is 8.78. The predicted molar refractivity (Wildman–Crippen MR) is 427 cm³/mol. The van der Waals surface area contributed by atoms with Gasteiger partial charge >= 0.3 is 0 Å². The second-order valence-electron chi connectivity index (χ2n) is 29.7. The molecule has 0 aliphatic heterocycles. The van der Waals surface area contributed by atoms with Crippen LogP contribution >= 0.6 is 0 Å². The summed E-state index contributed by atoms with van der Waals surface area (Å²) in [6.07, 6.45) is 6.46. The van der Waals surface area contributed by atoms with Crippen molar-refractivity contribution in [2.75, 3.05) is 0 Å². The van der Waals surface area contributed by atoms with E-state index >= 15 is 0 Å². The molecule has 18 rings (SSSR count). The Labute approximate surface area is 637 Å². The summed E-state index contributed by atoms with van der Waals surface area (Å²) in [5, 5.41) is 5.25. The van der Waals surface area contributed by atoms with Crippen LogP contribution in [0.25, 0.3) is 133 Å². The number of hydrogen-bond donors (Lipinski definition) is 0. The molecule has 0 atom stereocenters. The SMILES string of the molecule is [2H]C(C)(C)c1cc[n+](C)c(-c2c(C)ccc3c2oc2ncc4c(c23)C(C)(C)c2ccccc2-4)c1.[2H]C([2H])([2H])CC1(CC([2H])([2H])[2H])c2ccccc2-c2c1ccc1c2oc2c(-c3cc(C([2H])(C)C)c(C([2H])([2H])[2H])c[n+]3C)c(C)ccc21.[2H]C([2H])([2H])c1c[n+](C)c(-c2c(C)ccc3c2oc2c4c(ccc23)C(C([2H])([2H])[2H])(C([2H])([2H])[2H])c2ccccc2-4)cc1C([2H])(C)C. The highest BCUT2D eigenvalue weighted by atomic mass is 16.3. The lowest BCUT2D eigenvalue weighted by molar-refractivity contribution is -0.660. The third kappa shape index (κ3) is 10.0. The van der Waals surface area contributed by atoms with Crippen LogP contribution in [-0.2, 0) is 37.4 Å². The van der Waals surface area contributed by atoms with Gasteiger partial charge in [0.15, 0.2) is 24.2 Å². The van der Waals surface area contributed by atoms with E-state index in [0.717, 1.165) is 77.2 Å². The molecule has 8 aromatic carbocycles. The maximum absolute atomic E-state index is 8.78. The normalized spacial score (nSPS) is 18.3. The van der Waals surface area contributed by atoms with Gasteiger partial charge in [0.05, 0.1) is 22.1 Å². The molecule has 7 aromatic heterocycles. The van der Waals surface area contributed by atoms with E-state index in [9.17, 15) is 0 Å². The third-order valence-corrected chi connectivity index (χ3v) is 22.4. The number of pyridine rings is 4. The summed E-state index contributed by atoms with van der Waals surface area (Å²) in [7, 11) is 5.58. The molecule has 0 saturated carbocycles. The molecule has 0 unspecified atom stereocenters. The number of nitrogens with zero attached hydrogens (tertiary/aromatic N) is 4. The van der Waals surface area contributed by atoms with E-state index in [4.69, 9.17) is 47.0 Å². The summed E-state index contributed by atoms with van der Waals surface area (Å²) < 4.78 is 201. The Hall–Kier alpha value is -10.2. The van der Waals surface area contributed by atoms with Gasteiger partial charge in [0.25, 0.3) is 0 Å². The van der Waals surface area contributed by atoms with E-state index in [1.165, 1.54) is 22.3 Å². The quantitative estimate of drug-likeness (QED) is 0.142. The molecule has 0 bridgehead atoms. The average Bonchev–Trinajstić information content (AvgIpc) is 1.51. The smallest absolute Gasteiger partial charge is 0.227 e. The van der Waals surface area contributed by atoms with Crippen LogP contribution in [0.15, 0.2) is 196 Å². The molecule has 516 valence electrons. The predicted octanol–water partition coefficient (Wildman–Crippen LogP) is 24.2. The van der Waals surface area contributed by atoms with Crippen molar-refractivity contribution in [3.8, 4) is 67.2 Å². The lowest BCUT2D eigenvalue weighted by atomic mass is 9.74. The minimum absolute atomic E-state index is 0.0956. The van der Waals surface area contributed by atoms with Crippen LogP contribution in [-0.4, -0.2) is 4.98 Å². The molecule has 0 spiro atoms. The van der Waals surface area contributed by atoms with Gasteiger partial charge in [0.1, 0.15) is 43.5 Å². The van der Waals surface area contributed by atoms with E-state index in [-0.39, 0.29) is 40.5 Å². The van der Waals surface area contributed by atoms with Crippen molar-refractivity contribution in [1.29, 1.82) is 0 Å². The molecular formula is C96H97N4O3+3. The van der Waals surface area contributed by atoms with Crippen LogP contribution in [0.1, 0.15) is 220 Å². The molecule has 103 heavy (non-hydrogen) atoms. The summed E-state index contributed by atoms with van der Waals surface area (Å²) >= 11 is 0. The van der Waals surface area contributed by atoms with Crippen molar-refractivity contribution in [3.05, 3.63) is 260 Å². The van der Waals surface area contributed by atoms with Gasteiger partial charge in [0.2, 0.25) is 22.8 Å². The summed E-state index contributed by atoms with van der Waals surface area (Å²) in [6.45, 7) is 5.66. The zero-order valence-electron chi connectivity index (χ0n) is 81.7. The standard InChI is InChI=1S/C34H36NO.C32H32NO.C30H29N2O/c1-8-34(9-2)27-13-11-10-12-25(27)31-28(34)17-16-24-23-15-14-21(5)30(32(23)36-33(24)31)29-18-26(20(3)4)22(6)19-35(29)7;1-18(2)24-16-27(33(7)17-20(24)4)28-19(3)12-13-21-22-14-15-26-29(31(22)34-30(21)28)23-10-8-9-11-25(23)32(26,5)6;1-17(2)19-13-14-32(6)24(15-19)25-18(3)11-12-21-26-27-22(16-31-29(26)33-28(21)25)20-9-7-8-10-23(20)30(27,4)5/h10-20H,8-9H2,1-7H3;8-18H,1-7H3;7-17H,1-6H3/q3*+1/i1D3,2D3,6D3,20D;4D3,5D3,6D3,18D;17D. The minimum Gasteiger partial charge on any atom is -0.454 e. The Morgan fingerprint density at radius 2 is 0.874 bits per heavy atom. The minimum atomic E-state index is -2.89. The molecular weight excluding hydrogens is 1260 g/mol. The second-order valence-corrected chi connectivity index (χ2v) is 29.7. The van der Waals surface area contributed by atoms with Crippen LogP contribution in [0, 0.1) is 34.5 Å². The van der Waals surface area contributed by atoms with E-state index in [0.29, 0.717) is 89.3 Å². The summed E-state index contributed by atoms with van der Waals surface area (Å²) in [5.41, 5.74) is 18.7. The highest BCUT2D eigenvalue weighted by molar-refractivity contribution is 6.17. The largest absolute Gasteiger partial charge is 0.454 e. The molecule has 0 saturated heterocycles. The fourth-order valence-electron chi connectivity index (χ4n) is 17.0. The van der Waals surface area contributed by atoms with Crippen molar-refractivity contribution < 1.29 is 55.7 Å². The zero-order chi connectivity index (χ0) is 90.1. The number of hydrogen-bond acceptors (Lipinski definition) is 4. The van der Waals surface area contributed by atoms with Crippen LogP contribution < -0.4 is 13.7 Å². The van der Waals surface area contributed by atoms with Gasteiger partial charge in [-0.2, -0.15) is 0 Å². The molecule has 7 nitrogen and oxygen atoms in total. The fourth-order valence-corrected chi connectivity index (χ4v) is 17.0. The van der Waals surface area contributed by atoms with Gasteiger partial charge in [-0.05, 0) is 148 Å². The monoisotopic (exact) mass is 1370 g/mol. The Morgan fingerprint density at radius 3 is 1.39 bits per heavy atom. The van der Waals surface area contributed by atoms with Crippen LogP contribution in [0.5, 0.6) is 0 Å². The molecule has 0 radical (unpaired) electrons. The Bertz CT molecular complexity index is 6930. The van der Waals surface area contributed by atoms with E-state index in [1.807, 2.05) is 114 Å². The summed E-state index contributed by atoms with van der Waals surface area (Å²) in [6, 6.07) is 49.6. The number of rotatable bonds is 8. The molecule has 7 heterocycles. The van der Waals surface area contributed by atoms with Gasteiger partial charge in [-0.3, -0.25) is 0 Å². The van der Waals surface area contributed by atoms with Crippen LogP contribution in [0.2, 0.25) is 0 Å². The summed E-state index contributed by atoms with van der Waals surface area (Å²) in [4.78, 5) is 4.79. The lowest BCUT2D eigenvalue weighted by Gasteiger charge is -2.29. The van der Waals surface area contributed by atoms with Gasteiger partial charge in [0, 0.05) is 130 Å². The first-order chi connectivity index (χ1) is 57.4. The second kappa shape index (κ2) is 24.5. The van der Waals surface area contributed by atoms with Crippen molar-refractivity contribution >= 4 is 65.9 Å². The fraction of sp³-hybridized carbons (Fsp3) is 0.292. The number of aromatic nitrogens is 4. The number of aryl methyl sites for hydroxylation is 8. The van der Waals surface area contributed by atoms with Crippen molar-refractivity contribution in [2.24, 2.45) is 21.1 Å². The van der Waals surface area contributed by atoms with E-state index in [1.54, 1.807) is 112 Å². The first-order valence-corrected chi connectivity index (χ1v) is 35.2. The zero-order valence-corrected chi connectivity index (χ0v) is 60.7. The maximum Gasteiger partial charge on any atom is 0.227 e. The number of benzene rings is 8. The highest BCUT2D eigenvalue weighted by Gasteiger charge is 2.44. The molecule has 3 aliphatic rings. The number of furan rings is 3. The number of fused-ring (bicyclic) bond motifs is 21. The molecule has 0 amide bonds. The Balaban J connectivity index is 0.000000139. The molecule has 3 aliphatic carbocycles.